The molecule has 2 aromatic rings. The SMILES string of the molecule is Cc1cccc(NC(=O)CN(C)C(=O)Cn2nc(C)c([N+](=O)[O-])c2C)c1C. The quantitative estimate of drug-likeness (QED) is 0.616. The highest BCUT2D eigenvalue weighted by atomic mass is 16.6. The van der Waals surface area contributed by atoms with Crippen molar-refractivity contribution in [1.82, 2.24) is 14.7 Å². The van der Waals surface area contributed by atoms with E-state index in [9.17, 15) is 19.7 Å². The zero-order valence-electron chi connectivity index (χ0n) is 16.1. The molecule has 0 radical (unpaired) electrons. The fourth-order valence-corrected chi connectivity index (χ4v) is 2.73. The van der Waals surface area contributed by atoms with E-state index in [0.29, 0.717) is 11.4 Å². The molecular weight excluding hydrogens is 350 g/mol. The third-order valence-corrected chi connectivity index (χ3v) is 4.50. The minimum atomic E-state index is -0.514. The Balaban J connectivity index is 2.01. The highest BCUT2D eigenvalue weighted by Gasteiger charge is 2.24. The number of carbonyl (C=O) groups excluding carboxylic acids is 2. The molecule has 9 nitrogen and oxygen atoms in total. The maximum Gasteiger partial charge on any atom is 0.312 e. The first kappa shape index (κ1) is 20.1. The molecule has 144 valence electrons. The van der Waals surface area contributed by atoms with Gasteiger partial charge in [-0.05, 0) is 44.9 Å². The van der Waals surface area contributed by atoms with Gasteiger partial charge in [0.2, 0.25) is 11.8 Å². The van der Waals surface area contributed by atoms with Crippen molar-refractivity contribution < 1.29 is 14.5 Å². The average molecular weight is 373 g/mol. The Bertz CT molecular complexity index is 903. The van der Waals surface area contributed by atoms with Gasteiger partial charge >= 0.3 is 5.69 Å². The van der Waals surface area contributed by atoms with E-state index < -0.39 is 4.92 Å². The van der Waals surface area contributed by atoms with Gasteiger partial charge < -0.3 is 10.2 Å². The Hall–Kier alpha value is -3.23. The van der Waals surface area contributed by atoms with Crippen molar-refractivity contribution in [1.29, 1.82) is 0 Å². The van der Waals surface area contributed by atoms with Crippen LogP contribution in [-0.2, 0) is 16.1 Å². The lowest BCUT2D eigenvalue weighted by atomic mass is 10.1. The van der Waals surface area contributed by atoms with Gasteiger partial charge in [0.05, 0.1) is 11.5 Å². The highest BCUT2D eigenvalue weighted by Crippen LogP contribution is 2.21. The number of hydrogen-bond donors (Lipinski definition) is 1. The Labute approximate surface area is 157 Å². The van der Waals surface area contributed by atoms with Crippen LogP contribution in [0.3, 0.4) is 0 Å². The topological polar surface area (TPSA) is 110 Å². The van der Waals surface area contributed by atoms with E-state index >= 15 is 0 Å². The molecule has 1 N–H and O–H groups in total. The van der Waals surface area contributed by atoms with Gasteiger partial charge in [-0.2, -0.15) is 5.10 Å². The number of amides is 2. The predicted octanol–water partition coefficient (Wildman–Crippen LogP) is 2.12. The molecule has 0 unspecified atom stereocenters. The number of nitrogens with one attached hydrogen (secondary N) is 1. The molecule has 1 heterocycles. The molecule has 0 fully saturated rings. The van der Waals surface area contributed by atoms with Gasteiger partial charge in [-0.3, -0.25) is 24.4 Å². The van der Waals surface area contributed by atoms with Gasteiger partial charge in [-0.1, -0.05) is 12.1 Å². The van der Waals surface area contributed by atoms with Crippen LogP contribution in [0.1, 0.15) is 22.5 Å². The maximum absolute atomic E-state index is 12.4. The van der Waals surface area contributed by atoms with Gasteiger partial charge in [0.1, 0.15) is 17.9 Å². The monoisotopic (exact) mass is 373 g/mol. The van der Waals surface area contributed by atoms with Crippen molar-refractivity contribution in [3.63, 3.8) is 0 Å². The maximum atomic E-state index is 12.4. The number of hydrogen-bond acceptors (Lipinski definition) is 5. The lowest BCUT2D eigenvalue weighted by molar-refractivity contribution is -0.386. The van der Waals surface area contributed by atoms with Gasteiger partial charge in [-0.25, -0.2) is 0 Å². The lowest BCUT2D eigenvalue weighted by Crippen LogP contribution is -2.37. The van der Waals surface area contributed by atoms with Crippen LogP contribution in [-0.4, -0.2) is 45.0 Å². The van der Waals surface area contributed by atoms with Crippen molar-refractivity contribution in [2.45, 2.75) is 34.2 Å². The van der Waals surface area contributed by atoms with Crippen molar-refractivity contribution in [3.05, 3.63) is 50.8 Å². The summed E-state index contributed by atoms with van der Waals surface area (Å²) in [6, 6.07) is 5.60. The zero-order valence-corrected chi connectivity index (χ0v) is 16.1. The molecule has 0 spiro atoms. The fourth-order valence-electron chi connectivity index (χ4n) is 2.73. The molecule has 0 atom stereocenters. The minimum absolute atomic E-state index is 0.0990. The van der Waals surface area contributed by atoms with E-state index in [4.69, 9.17) is 0 Å². The summed E-state index contributed by atoms with van der Waals surface area (Å²) in [6.07, 6.45) is 0. The number of benzene rings is 1. The van der Waals surface area contributed by atoms with Crippen LogP contribution in [0.15, 0.2) is 18.2 Å². The number of anilines is 1. The van der Waals surface area contributed by atoms with Crippen LogP contribution >= 0.6 is 0 Å². The second kappa shape index (κ2) is 7.98. The van der Waals surface area contributed by atoms with E-state index in [1.54, 1.807) is 13.0 Å². The van der Waals surface area contributed by atoms with E-state index in [0.717, 1.165) is 11.1 Å². The first-order chi connectivity index (χ1) is 12.6. The molecule has 2 rings (SSSR count). The van der Waals surface area contributed by atoms with Crippen LogP contribution < -0.4 is 5.32 Å². The highest BCUT2D eigenvalue weighted by molar-refractivity contribution is 5.95. The molecule has 2 amide bonds. The Kier molecular flexibility index (Phi) is 5.94. The van der Waals surface area contributed by atoms with E-state index in [-0.39, 0.29) is 36.3 Å². The Morgan fingerprint density at radius 2 is 1.93 bits per heavy atom. The third-order valence-electron chi connectivity index (χ3n) is 4.50. The van der Waals surface area contributed by atoms with Crippen molar-refractivity contribution >= 4 is 23.2 Å². The molecule has 0 aliphatic heterocycles. The van der Waals surface area contributed by atoms with Gasteiger partial charge in [0.15, 0.2) is 0 Å². The Morgan fingerprint density at radius 1 is 1.26 bits per heavy atom. The summed E-state index contributed by atoms with van der Waals surface area (Å²) in [6.45, 7) is 6.62. The van der Waals surface area contributed by atoms with E-state index in [1.807, 2.05) is 26.0 Å². The van der Waals surface area contributed by atoms with Gasteiger partial charge in [-0.15, -0.1) is 0 Å². The normalized spacial score (nSPS) is 10.6. The van der Waals surface area contributed by atoms with Crippen LogP contribution in [0, 0.1) is 37.8 Å². The van der Waals surface area contributed by atoms with Crippen molar-refractivity contribution in [2.75, 3.05) is 18.9 Å². The summed E-state index contributed by atoms with van der Waals surface area (Å²) >= 11 is 0. The molecule has 0 saturated carbocycles. The number of aryl methyl sites for hydroxylation is 2. The molecular formula is C18H23N5O4. The number of aromatic nitrogens is 2. The fraction of sp³-hybridized carbons (Fsp3) is 0.389. The molecule has 9 heteroatoms. The molecule has 27 heavy (non-hydrogen) atoms. The van der Waals surface area contributed by atoms with Gasteiger partial charge in [0.25, 0.3) is 0 Å². The van der Waals surface area contributed by atoms with Crippen molar-refractivity contribution in [3.8, 4) is 0 Å². The molecule has 0 aliphatic carbocycles. The second-order valence-corrected chi connectivity index (χ2v) is 6.48. The van der Waals surface area contributed by atoms with E-state index in [1.165, 1.54) is 23.6 Å². The molecule has 0 aliphatic rings. The average Bonchev–Trinajstić information content (AvgIpc) is 2.85. The summed E-state index contributed by atoms with van der Waals surface area (Å²) in [7, 11) is 1.51. The smallest absolute Gasteiger partial charge is 0.312 e. The Morgan fingerprint density at radius 3 is 2.52 bits per heavy atom. The van der Waals surface area contributed by atoms with Crippen molar-refractivity contribution in [2.24, 2.45) is 0 Å². The number of likely N-dealkylation sites (N-methyl/N-ethyl adjacent to an activating group) is 1. The molecule has 0 bridgehead atoms. The standard InChI is InChI=1S/C18H23N5O4/c1-11-7-6-8-15(12(11)2)19-16(24)9-21(5)17(25)10-22-14(4)18(23(26)27)13(3)20-22/h6-8H,9-10H2,1-5H3,(H,19,24). The molecule has 1 aromatic heterocycles. The first-order valence-corrected chi connectivity index (χ1v) is 8.40. The summed E-state index contributed by atoms with van der Waals surface area (Å²) in [4.78, 5) is 36.4. The number of rotatable bonds is 6. The van der Waals surface area contributed by atoms with Crippen LogP contribution in [0.4, 0.5) is 11.4 Å². The number of nitro groups is 1. The number of carbonyl (C=O) groups is 2. The van der Waals surface area contributed by atoms with Crippen LogP contribution in [0.5, 0.6) is 0 Å². The molecule has 0 saturated heterocycles. The summed E-state index contributed by atoms with van der Waals surface area (Å²) in [5.74, 6) is -0.689. The number of nitrogens with zero attached hydrogens (tertiary/aromatic N) is 4. The summed E-state index contributed by atoms with van der Waals surface area (Å²) in [5, 5.41) is 17.9. The lowest BCUT2D eigenvalue weighted by Gasteiger charge is -2.18. The summed E-state index contributed by atoms with van der Waals surface area (Å²) in [5.41, 5.74) is 3.19. The van der Waals surface area contributed by atoms with Crippen LogP contribution in [0.25, 0.3) is 0 Å². The first-order valence-electron chi connectivity index (χ1n) is 8.40. The summed E-state index contributed by atoms with van der Waals surface area (Å²) < 4.78 is 1.29. The zero-order chi connectivity index (χ0) is 20.3. The van der Waals surface area contributed by atoms with Gasteiger partial charge in [0, 0.05) is 12.7 Å². The molecule has 1 aromatic carbocycles. The third kappa shape index (κ3) is 4.49. The van der Waals surface area contributed by atoms with E-state index in [2.05, 4.69) is 10.4 Å². The second-order valence-electron chi connectivity index (χ2n) is 6.48. The predicted molar refractivity (Wildman–Crippen MR) is 101 cm³/mol. The largest absolute Gasteiger partial charge is 0.335 e. The van der Waals surface area contributed by atoms with Crippen LogP contribution in [0.2, 0.25) is 0 Å². The minimum Gasteiger partial charge on any atom is -0.335 e.